The van der Waals surface area contributed by atoms with E-state index < -0.39 is 0 Å². The number of piperidine rings is 1. The first kappa shape index (κ1) is 18.9. The summed E-state index contributed by atoms with van der Waals surface area (Å²) in [4.78, 5) is 15.1. The summed E-state index contributed by atoms with van der Waals surface area (Å²) in [7, 11) is 0. The van der Waals surface area contributed by atoms with Crippen LogP contribution in [0.3, 0.4) is 0 Å². The molecule has 1 atom stereocenters. The molecule has 3 rings (SSSR count). The van der Waals surface area contributed by atoms with E-state index in [0.29, 0.717) is 17.2 Å². The Labute approximate surface area is 159 Å². The van der Waals surface area contributed by atoms with E-state index in [1.807, 2.05) is 36.4 Å². The van der Waals surface area contributed by atoms with Gasteiger partial charge in [0.15, 0.2) is 5.78 Å². The highest BCUT2D eigenvalue weighted by Crippen LogP contribution is 2.24. The molecule has 1 saturated heterocycles. The molecule has 0 aromatic heterocycles. The second-order valence-electron chi connectivity index (χ2n) is 6.66. The van der Waals surface area contributed by atoms with Crippen molar-refractivity contribution >= 4 is 17.4 Å². The number of carbonyl (C=O) groups is 1. The van der Waals surface area contributed by atoms with Gasteiger partial charge in [0, 0.05) is 29.6 Å². The summed E-state index contributed by atoms with van der Waals surface area (Å²) in [5.41, 5.74) is 1.90. The number of nitrogens with zero attached hydrogens (tertiary/aromatic N) is 1. The molecule has 26 heavy (non-hydrogen) atoms. The Bertz CT molecular complexity index is 732. The van der Waals surface area contributed by atoms with Crippen molar-refractivity contribution in [2.75, 3.05) is 26.3 Å². The standard InChI is InChI=1S/C21H24ClNO3/c22-19-5-1-3-17(13-19)21(25)18-4-2-10-23(15-18)14-16-6-8-20(9-7-16)26-12-11-24/h1,3,5-9,13,18,24H,2,4,10-12,14-15H2/t18-/m1/s1. The smallest absolute Gasteiger partial charge is 0.167 e. The van der Waals surface area contributed by atoms with E-state index in [2.05, 4.69) is 4.90 Å². The Morgan fingerprint density at radius 2 is 2.04 bits per heavy atom. The highest BCUT2D eigenvalue weighted by Gasteiger charge is 2.26. The molecule has 1 aliphatic rings. The zero-order valence-corrected chi connectivity index (χ0v) is 15.5. The number of rotatable bonds is 7. The van der Waals surface area contributed by atoms with Crippen LogP contribution in [0, 0.1) is 5.92 Å². The SMILES string of the molecule is O=C(c1cccc(Cl)c1)[C@@H]1CCCN(Cc2ccc(OCCO)cc2)C1. The molecule has 4 nitrogen and oxygen atoms in total. The predicted octanol–water partition coefficient (Wildman–Crippen LogP) is 3.81. The normalized spacial score (nSPS) is 17.8. The zero-order valence-electron chi connectivity index (χ0n) is 14.7. The number of halogens is 1. The summed E-state index contributed by atoms with van der Waals surface area (Å²) in [6, 6.07) is 15.1. The third-order valence-electron chi connectivity index (χ3n) is 4.67. The van der Waals surface area contributed by atoms with Gasteiger partial charge in [-0.3, -0.25) is 9.69 Å². The largest absolute Gasteiger partial charge is 0.491 e. The van der Waals surface area contributed by atoms with E-state index in [4.69, 9.17) is 21.4 Å². The average molecular weight is 374 g/mol. The second-order valence-corrected chi connectivity index (χ2v) is 7.10. The van der Waals surface area contributed by atoms with Crippen molar-refractivity contribution in [1.82, 2.24) is 4.90 Å². The molecular formula is C21H24ClNO3. The maximum Gasteiger partial charge on any atom is 0.167 e. The van der Waals surface area contributed by atoms with Gasteiger partial charge in [-0.1, -0.05) is 35.9 Å². The maximum absolute atomic E-state index is 12.8. The second kappa shape index (κ2) is 9.17. The lowest BCUT2D eigenvalue weighted by molar-refractivity contribution is 0.0811. The van der Waals surface area contributed by atoms with E-state index in [9.17, 15) is 4.79 Å². The lowest BCUT2D eigenvalue weighted by Crippen LogP contribution is -2.38. The van der Waals surface area contributed by atoms with Crippen molar-refractivity contribution in [3.05, 3.63) is 64.7 Å². The minimum Gasteiger partial charge on any atom is -0.491 e. The molecule has 0 unspecified atom stereocenters. The van der Waals surface area contributed by atoms with Crippen LogP contribution >= 0.6 is 11.6 Å². The average Bonchev–Trinajstić information content (AvgIpc) is 2.67. The van der Waals surface area contributed by atoms with Gasteiger partial charge in [0.25, 0.3) is 0 Å². The van der Waals surface area contributed by atoms with Crippen LogP contribution in [-0.4, -0.2) is 42.1 Å². The van der Waals surface area contributed by atoms with Gasteiger partial charge in [-0.2, -0.15) is 0 Å². The maximum atomic E-state index is 12.8. The van der Waals surface area contributed by atoms with E-state index >= 15 is 0 Å². The van der Waals surface area contributed by atoms with Crippen molar-refractivity contribution in [3.63, 3.8) is 0 Å². The van der Waals surface area contributed by atoms with Crippen molar-refractivity contribution in [2.24, 2.45) is 5.92 Å². The highest BCUT2D eigenvalue weighted by atomic mass is 35.5. The van der Waals surface area contributed by atoms with Gasteiger partial charge in [0.1, 0.15) is 12.4 Å². The first-order valence-electron chi connectivity index (χ1n) is 9.00. The number of hydrogen-bond donors (Lipinski definition) is 1. The number of Topliss-reactive ketones (excluding diaryl/α,β-unsaturated/α-hetero) is 1. The van der Waals surface area contributed by atoms with Crippen LogP contribution in [-0.2, 0) is 6.54 Å². The summed E-state index contributed by atoms with van der Waals surface area (Å²) >= 11 is 6.02. The summed E-state index contributed by atoms with van der Waals surface area (Å²) < 4.78 is 5.39. The third-order valence-corrected chi connectivity index (χ3v) is 4.91. The van der Waals surface area contributed by atoms with Crippen LogP contribution in [0.1, 0.15) is 28.8 Å². The van der Waals surface area contributed by atoms with E-state index in [0.717, 1.165) is 38.2 Å². The number of aliphatic hydroxyl groups is 1. The fourth-order valence-electron chi connectivity index (χ4n) is 3.40. The quantitative estimate of drug-likeness (QED) is 0.750. The summed E-state index contributed by atoms with van der Waals surface area (Å²) in [5, 5.41) is 9.40. The van der Waals surface area contributed by atoms with Gasteiger partial charge in [-0.05, 0) is 49.2 Å². The van der Waals surface area contributed by atoms with Crippen LogP contribution in [0.15, 0.2) is 48.5 Å². The fourth-order valence-corrected chi connectivity index (χ4v) is 3.59. The Morgan fingerprint density at radius 3 is 2.77 bits per heavy atom. The van der Waals surface area contributed by atoms with Crippen LogP contribution in [0.25, 0.3) is 0 Å². The zero-order chi connectivity index (χ0) is 18.4. The fraction of sp³-hybridized carbons (Fsp3) is 0.381. The van der Waals surface area contributed by atoms with Gasteiger partial charge >= 0.3 is 0 Å². The number of hydrogen-bond acceptors (Lipinski definition) is 4. The monoisotopic (exact) mass is 373 g/mol. The molecule has 5 heteroatoms. The summed E-state index contributed by atoms with van der Waals surface area (Å²) in [6.07, 6.45) is 1.95. The van der Waals surface area contributed by atoms with Gasteiger partial charge in [-0.15, -0.1) is 0 Å². The molecule has 0 saturated carbocycles. The van der Waals surface area contributed by atoms with E-state index in [-0.39, 0.29) is 18.3 Å². The lowest BCUT2D eigenvalue weighted by atomic mass is 9.90. The Morgan fingerprint density at radius 1 is 1.23 bits per heavy atom. The summed E-state index contributed by atoms with van der Waals surface area (Å²) in [5.74, 6) is 0.967. The minimum absolute atomic E-state index is 0.0115. The van der Waals surface area contributed by atoms with Crippen LogP contribution < -0.4 is 4.74 Å². The lowest BCUT2D eigenvalue weighted by Gasteiger charge is -2.32. The Balaban J connectivity index is 1.59. The molecule has 0 amide bonds. The van der Waals surface area contributed by atoms with Crippen molar-refractivity contribution in [1.29, 1.82) is 0 Å². The molecule has 0 spiro atoms. The molecule has 1 N–H and O–H groups in total. The number of carbonyl (C=O) groups excluding carboxylic acids is 1. The molecule has 2 aromatic carbocycles. The molecule has 0 aliphatic carbocycles. The molecule has 1 fully saturated rings. The van der Waals surface area contributed by atoms with Crippen LogP contribution in [0.5, 0.6) is 5.75 Å². The number of benzene rings is 2. The molecule has 1 aliphatic heterocycles. The van der Waals surface area contributed by atoms with Gasteiger partial charge in [0.05, 0.1) is 6.61 Å². The van der Waals surface area contributed by atoms with E-state index in [1.54, 1.807) is 12.1 Å². The van der Waals surface area contributed by atoms with Crippen LogP contribution in [0.4, 0.5) is 0 Å². The van der Waals surface area contributed by atoms with Gasteiger partial charge < -0.3 is 9.84 Å². The number of ketones is 1. The van der Waals surface area contributed by atoms with Crippen molar-refractivity contribution in [3.8, 4) is 5.75 Å². The molecule has 2 aromatic rings. The first-order chi connectivity index (χ1) is 12.7. The number of aliphatic hydroxyl groups excluding tert-OH is 1. The molecule has 0 bridgehead atoms. The van der Waals surface area contributed by atoms with Crippen LogP contribution in [0.2, 0.25) is 5.02 Å². The molecular weight excluding hydrogens is 350 g/mol. The van der Waals surface area contributed by atoms with Crippen molar-refractivity contribution < 1.29 is 14.6 Å². The van der Waals surface area contributed by atoms with Gasteiger partial charge in [0.2, 0.25) is 0 Å². The summed E-state index contributed by atoms with van der Waals surface area (Å²) in [6.45, 7) is 2.91. The third kappa shape index (κ3) is 5.07. The molecule has 1 heterocycles. The Kier molecular flexibility index (Phi) is 6.67. The van der Waals surface area contributed by atoms with Crippen molar-refractivity contribution in [2.45, 2.75) is 19.4 Å². The minimum atomic E-state index is 0.0115. The molecule has 138 valence electrons. The number of likely N-dealkylation sites (tertiary alicyclic amines) is 1. The first-order valence-corrected chi connectivity index (χ1v) is 9.38. The highest BCUT2D eigenvalue weighted by molar-refractivity contribution is 6.31. The van der Waals surface area contributed by atoms with E-state index in [1.165, 1.54) is 5.56 Å². The van der Waals surface area contributed by atoms with Gasteiger partial charge in [-0.25, -0.2) is 0 Å². The number of ether oxygens (including phenoxy) is 1. The Hall–Kier alpha value is -1.88. The topological polar surface area (TPSA) is 49.8 Å². The molecule has 0 radical (unpaired) electrons. The predicted molar refractivity (Wildman–Crippen MR) is 103 cm³/mol.